The number of hydrogen-bond acceptors (Lipinski definition) is 3. The van der Waals surface area contributed by atoms with Crippen LogP contribution in [-0.2, 0) is 6.54 Å². The van der Waals surface area contributed by atoms with Crippen LogP contribution in [0.5, 0.6) is 5.75 Å². The van der Waals surface area contributed by atoms with Crippen LogP contribution in [0.3, 0.4) is 0 Å². The van der Waals surface area contributed by atoms with Crippen LogP contribution in [-0.4, -0.2) is 22.4 Å². The maximum atomic E-state index is 11.2. The minimum Gasteiger partial charge on any atom is -0.493 e. The molecule has 0 aliphatic carbocycles. The van der Waals surface area contributed by atoms with Crippen LogP contribution in [0.25, 0.3) is 11.0 Å². The van der Waals surface area contributed by atoms with Crippen LogP contribution in [0, 0.1) is 13.8 Å². The summed E-state index contributed by atoms with van der Waals surface area (Å²) in [6, 6.07) is 14.0. The van der Waals surface area contributed by atoms with E-state index in [1.54, 1.807) is 0 Å². The van der Waals surface area contributed by atoms with Gasteiger partial charge >= 0.3 is 0 Å². The van der Waals surface area contributed by atoms with Gasteiger partial charge in [0.1, 0.15) is 5.75 Å². The number of aromatic nitrogens is 2. The van der Waals surface area contributed by atoms with Crippen molar-refractivity contribution in [3.05, 3.63) is 59.4 Å². The first-order valence-corrected chi connectivity index (χ1v) is 7.79. The number of rotatable bonds is 6. The molecule has 0 atom stereocenters. The second kappa shape index (κ2) is 6.65. The van der Waals surface area contributed by atoms with Gasteiger partial charge in [-0.25, -0.2) is 4.98 Å². The zero-order chi connectivity index (χ0) is 16.2. The van der Waals surface area contributed by atoms with Crippen LogP contribution in [0.4, 0.5) is 0 Å². The highest BCUT2D eigenvalue weighted by Crippen LogP contribution is 2.19. The number of benzene rings is 2. The molecule has 3 aromatic rings. The number of carbonyl (C=O) groups is 1. The minimum atomic E-state index is 0.470. The lowest BCUT2D eigenvalue weighted by atomic mass is 10.1. The molecule has 0 unspecified atom stereocenters. The molecule has 0 aliphatic rings. The molecule has 4 nitrogen and oxygen atoms in total. The fourth-order valence-electron chi connectivity index (χ4n) is 2.79. The van der Waals surface area contributed by atoms with Gasteiger partial charge in [0.05, 0.1) is 17.6 Å². The van der Waals surface area contributed by atoms with E-state index in [1.165, 1.54) is 5.56 Å². The van der Waals surface area contributed by atoms with E-state index in [2.05, 4.69) is 31.0 Å². The number of nitrogens with zero attached hydrogens (tertiary/aromatic N) is 2. The summed E-state index contributed by atoms with van der Waals surface area (Å²) >= 11 is 0. The molecule has 0 N–H and O–H groups in total. The third kappa shape index (κ3) is 3.26. The first kappa shape index (κ1) is 15.3. The Balaban J connectivity index is 1.66. The molecule has 118 valence electrons. The van der Waals surface area contributed by atoms with E-state index in [0.717, 1.165) is 35.1 Å². The molecular formula is C19H20N2O2. The van der Waals surface area contributed by atoms with Crippen molar-refractivity contribution >= 4 is 17.3 Å². The Morgan fingerprint density at radius 2 is 2.00 bits per heavy atom. The van der Waals surface area contributed by atoms with Crippen molar-refractivity contribution in [3.8, 4) is 5.75 Å². The van der Waals surface area contributed by atoms with Crippen LogP contribution < -0.4 is 4.74 Å². The van der Waals surface area contributed by atoms with E-state index in [4.69, 9.17) is 4.74 Å². The molecule has 3 rings (SSSR count). The van der Waals surface area contributed by atoms with E-state index >= 15 is 0 Å². The lowest BCUT2D eigenvalue weighted by molar-refractivity contribution is 0.111. The predicted octanol–water partition coefficient (Wildman–Crippen LogP) is 3.93. The van der Waals surface area contributed by atoms with Crippen LogP contribution in [0.15, 0.2) is 42.5 Å². The number of aryl methyl sites for hydroxylation is 3. The monoisotopic (exact) mass is 308 g/mol. The molecule has 4 heteroatoms. The summed E-state index contributed by atoms with van der Waals surface area (Å²) in [4.78, 5) is 15.6. The molecule has 0 saturated heterocycles. The Morgan fingerprint density at radius 1 is 1.17 bits per heavy atom. The normalized spacial score (nSPS) is 10.9. The lowest BCUT2D eigenvalue weighted by Crippen LogP contribution is -2.08. The Kier molecular flexibility index (Phi) is 4.42. The average molecular weight is 308 g/mol. The van der Waals surface area contributed by atoms with E-state index in [9.17, 15) is 4.79 Å². The van der Waals surface area contributed by atoms with E-state index < -0.39 is 0 Å². The molecule has 1 aromatic heterocycles. The van der Waals surface area contributed by atoms with Crippen molar-refractivity contribution in [2.24, 2.45) is 0 Å². The van der Waals surface area contributed by atoms with Crippen molar-refractivity contribution in [1.29, 1.82) is 0 Å². The second-order valence-corrected chi connectivity index (χ2v) is 5.70. The Bertz CT molecular complexity index is 837. The van der Waals surface area contributed by atoms with Gasteiger partial charge in [0.25, 0.3) is 0 Å². The van der Waals surface area contributed by atoms with Gasteiger partial charge in [-0.05, 0) is 44.0 Å². The highest BCUT2D eigenvalue weighted by atomic mass is 16.5. The van der Waals surface area contributed by atoms with Crippen molar-refractivity contribution in [2.75, 3.05) is 6.61 Å². The van der Waals surface area contributed by atoms with Gasteiger partial charge in [-0.1, -0.05) is 29.8 Å². The molecule has 2 aromatic carbocycles. The Hall–Kier alpha value is -2.62. The zero-order valence-corrected chi connectivity index (χ0v) is 13.5. The second-order valence-electron chi connectivity index (χ2n) is 5.70. The Morgan fingerprint density at radius 3 is 2.78 bits per heavy atom. The standard InChI is InChI=1S/C19H20N2O2/c1-14-8-9-18(15(2)12-14)23-11-5-10-21-17-7-4-3-6-16(17)20-19(21)13-22/h3-4,6-9,12-13H,5,10-11H2,1-2H3. The molecule has 0 radical (unpaired) electrons. The smallest absolute Gasteiger partial charge is 0.185 e. The highest BCUT2D eigenvalue weighted by Gasteiger charge is 2.09. The molecule has 0 spiro atoms. The van der Waals surface area contributed by atoms with Crippen LogP contribution in [0.1, 0.15) is 28.2 Å². The van der Waals surface area contributed by atoms with Gasteiger partial charge in [0.15, 0.2) is 12.1 Å². The number of carbonyl (C=O) groups excluding carboxylic acids is 1. The summed E-state index contributed by atoms with van der Waals surface area (Å²) in [7, 11) is 0. The van der Waals surface area contributed by atoms with Gasteiger partial charge in [-0.15, -0.1) is 0 Å². The van der Waals surface area contributed by atoms with Crippen LogP contribution >= 0.6 is 0 Å². The molecule has 0 aliphatic heterocycles. The first-order valence-electron chi connectivity index (χ1n) is 7.79. The molecule has 23 heavy (non-hydrogen) atoms. The third-order valence-corrected chi connectivity index (χ3v) is 3.90. The van der Waals surface area contributed by atoms with E-state index in [1.807, 2.05) is 34.9 Å². The number of aldehydes is 1. The SMILES string of the molecule is Cc1ccc(OCCCn2c(C=O)nc3ccccc32)c(C)c1. The number of imidazole rings is 1. The molecule has 0 fully saturated rings. The number of hydrogen-bond donors (Lipinski definition) is 0. The molecule has 0 amide bonds. The predicted molar refractivity (Wildman–Crippen MR) is 91.1 cm³/mol. The van der Waals surface area contributed by atoms with Crippen molar-refractivity contribution in [1.82, 2.24) is 9.55 Å². The quantitative estimate of drug-likeness (QED) is 0.512. The maximum Gasteiger partial charge on any atom is 0.185 e. The summed E-state index contributed by atoms with van der Waals surface area (Å²) in [5, 5.41) is 0. The summed E-state index contributed by atoms with van der Waals surface area (Å²) < 4.78 is 7.81. The van der Waals surface area contributed by atoms with E-state index in [-0.39, 0.29) is 0 Å². The van der Waals surface area contributed by atoms with Crippen LogP contribution in [0.2, 0.25) is 0 Å². The van der Waals surface area contributed by atoms with Crippen molar-refractivity contribution in [2.45, 2.75) is 26.8 Å². The third-order valence-electron chi connectivity index (χ3n) is 3.90. The van der Waals surface area contributed by atoms with Gasteiger partial charge in [-0.2, -0.15) is 0 Å². The molecular weight excluding hydrogens is 288 g/mol. The largest absolute Gasteiger partial charge is 0.493 e. The Labute approximate surface area is 135 Å². The number of fused-ring (bicyclic) bond motifs is 1. The number of para-hydroxylation sites is 2. The lowest BCUT2D eigenvalue weighted by Gasteiger charge is -2.11. The molecule has 0 bridgehead atoms. The van der Waals surface area contributed by atoms with Gasteiger partial charge in [-0.3, -0.25) is 4.79 Å². The maximum absolute atomic E-state index is 11.2. The molecule has 1 heterocycles. The first-order chi connectivity index (χ1) is 11.2. The number of ether oxygens (including phenoxy) is 1. The van der Waals surface area contributed by atoms with Crippen molar-refractivity contribution < 1.29 is 9.53 Å². The fraction of sp³-hybridized carbons (Fsp3) is 0.263. The van der Waals surface area contributed by atoms with Gasteiger partial charge < -0.3 is 9.30 Å². The van der Waals surface area contributed by atoms with Gasteiger partial charge in [0, 0.05) is 6.54 Å². The highest BCUT2D eigenvalue weighted by molar-refractivity contribution is 5.82. The van der Waals surface area contributed by atoms with Crippen molar-refractivity contribution in [3.63, 3.8) is 0 Å². The summed E-state index contributed by atoms with van der Waals surface area (Å²) in [5.74, 6) is 1.39. The average Bonchev–Trinajstić information content (AvgIpc) is 2.91. The zero-order valence-electron chi connectivity index (χ0n) is 13.5. The summed E-state index contributed by atoms with van der Waals surface area (Å²) in [5.41, 5.74) is 4.22. The topological polar surface area (TPSA) is 44.1 Å². The van der Waals surface area contributed by atoms with Gasteiger partial charge in [0.2, 0.25) is 0 Å². The summed E-state index contributed by atoms with van der Waals surface area (Å²) in [6.07, 6.45) is 1.62. The van der Waals surface area contributed by atoms with E-state index in [0.29, 0.717) is 19.0 Å². The summed E-state index contributed by atoms with van der Waals surface area (Å²) in [6.45, 7) is 5.44. The fourth-order valence-corrected chi connectivity index (χ4v) is 2.79. The minimum absolute atomic E-state index is 0.470. The molecule has 0 saturated carbocycles.